The molecule has 0 aliphatic carbocycles. The second-order valence-electron chi connectivity index (χ2n) is 4.78. The largest absolute Gasteiger partial charge is 0.357 e. The highest BCUT2D eigenvalue weighted by atomic mass is 127. The molecule has 1 aromatic rings. The molecule has 0 aliphatic rings. The minimum atomic E-state index is -0.00601. The summed E-state index contributed by atoms with van der Waals surface area (Å²) >= 11 is 1.76. The van der Waals surface area contributed by atoms with Crippen molar-refractivity contribution >= 4 is 47.2 Å². The third-order valence-electron chi connectivity index (χ3n) is 2.82. The van der Waals surface area contributed by atoms with Crippen LogP contribution in [0.5, 0.6) is 0 Å². The Kier molecular flexibility index (Phi) is 10.4. The number of carbonyl (C=O) groups excluding carboxylic acids is 1. The Morgan fingerprint density at radius 1 is 1.43 bits per heavy atom. The molecule has 0 aliphatic heterocycles. The van der Waals surface area contributed by atoms with Crippen LogP contribution in [-0.4, -0.2) is 50.5 Å². The number of rotatable bonds is 6. The Balaban J connectivity index is 0.00000400. The lowest BCUT2D eigenvalue weighted by atomic mass is 10.1. The number of nitrogens with one attached hydrogen (secondary N) is 2. The van der Waals surface area contributed by atoms with E-state index in [0.29, 0.717) is 11.9 Å². The molecule has 0 bridgehead atoms. The van der Waals surface area contributed by atoms with Crippen molar-refractivity contribution in [3.8, 4) is 0 Å². The van der Waals surface area contributed by atoms with Crippen LogP contribution in [0, 0.1) is 0 Å². The standard InChI is InChI=1S/C14H24N4OS.HI/c1-5-15-14(17-10-13(19)18(3)4)16-9-11(2)12-7-6-8-20-12;/h6-8,11H,5,9-10H2,1-4H3,(H2,15,16,17);1H. The van der Waals surface area contributed by atoms with E-state index >= 15 is 0 Å². The van der Waals surface area contributed by atoms with E-state index in [-0.39, 0.29) is 36.4 Å². The summed E-state index contributed by atoms with van der Waals surface area (Å²) in [6, 6.07) is 4.20. The summed E-state index contributed by atoms with van der Waals surface area (Å²) in [7, 11) is 3.47. The van der Waals surface area contributed by atoms with Crippen molar-refractivity contribution in [3.63, 3.8) is 0 Å². The van der Waals surface area contributed by atoms with Crippen LogP contribution in [0.2, 0.25) is 0 Å². The van der Waals surface area contributed by atoms with Gasteiger partial charge in [0.05, 0.1) is 0 Å². The Hall–Kier alpha value is -0.830. The number of nitrogens with zero attached hydrogens (tertiary/aromatic N) is 2. The van der Waals surface area contributed by atoms with E-state index in [9.17, 15) is 4.79 Å². The second-order valence-corrected chi connectivity index (χ2v) is 5.76. The first-order chi connectivity index (χ1) is 9.54. The van der Waals surface area contributed by atoms with E-state index in [2.05, 4.69) is 40.1 Å². The Morgan fingerprint density at radius 2 is 2.14 bits per heavy atom. The number of halogens is 1. The first-order valence-corrected chi connectivity index (χ1v) is 7.68. The van der Waals surface area contributed by atoms with Gasteiger partial charge in [-0.05, 0) is 18.4 Å². The van der Waals surface area contributed by atoms with Gasteiger partial charge in [0.25, 0.3) is 0 Å². The number of carbonyl (C=O) groups is 1. The van der Waals surface area contributed by atoms with E-state index in [0.717, 1.165) is 13.1 Å². The van der Waals surface area contributed by atoms with Crippen LogP contribution in [0.3, 0.4) is 0 Å². The maximum absolute atomic E-state index is 11.5. The maximum atomic E-state index is 11.5. The third kappa shape index (κ3) is 7.66. The van der Waals surface area contributed by atoms with Crippen LogP contribution in [0.25, 0.3) is 0 Å². The molecule has 1 heterocycles. The van der Waals surface area contributed by atoms with Gasteiger partial charge in [-0.15, -0.1) is 35.3 Å². The van der Waals surface area contributed by atoms with Crippen molar-refractivity contribution in [1.82, 2.24) is 15.5 Å². The fourth-order valence-corrected chi connectivity index (χ4v) is 2.34. The third-order valence-corrected chi connectivity index (χ3v) is 3.92. The Bertz CT molecular complexity index is 434. The first-order valence-electron chi connectivity index (χ1n) is 6.80. The summed E-state index contributed by atoms with van der Waals surface area (Å²) < 4.78 is 0. The van der Waals surface area contributed by atoms with Crippen LogP contribution >= 0.6 is 35.3 Å². The molecule has 1 aromatic heterocycles. The number of thiophene rings is 1. The van der Waals surface area contributed by atoms with Crippen molar-refractivity contribution in [1.29, 1.82) is 0 Å². The summed E-state index contributed by atoms with van der Waals surface area (Å²) in [5.74, 6) is 1.10. The van der Waals surface area contributed by atoms with Gasteiger partial charge in [-0.25, -0.2) is 4.99 Å². The first kappa shape index (κ1) is 20.2. The van der Waals surface area contributed by atoms with Gasteiger partial charge >= 0.3 is 0 Å². The fourth-order valence-electron chi connectivity index (χ4n) is 1.55. The molecule has 1 amide bonds. The SMILES string of the molecule is CCNC(=NCC(=O)N(C)C)NCC(C)c1cccs1.I. The van der Waals surface area contributed by atoms with Crippen molar-refractivity contribution in [3.05, 3.63) is 22.4 Å². The van der Waals surface area contributed by atoms with Gasteiger partial charge in [0.15, 0.2) is 5.96 Å². The predicted octanol–water partition coefficient (Wildman–Crippen LogP) is 2.11. The number of hydrogen-bond acceptors (Lipinski definition) is 3. The van der Waals surface area contributed by atoms with Crippen LogP contribution in [0.15, 0.2) is 22.5 Å². The van der Waals surface area contributed by atoms with E-state index in [4.69, 9.17) is 0 Å². The zero-order valence-electron chi connectivity index (χ0n) is 13.0. The number of amides is 1. The molecular formula is C14H25IN4OS. The molecule has 1 rings (SSSR count). The zero-order valence-corrected chi connectivity index (χ0v) is 16.2. The van der Waals surface area contributed by atoms with E-state index in [1.807, 2.05) is 6.92 Å². The van der Waals surface area contributed by atoms with Crippen molar-refractivity contribution in [2.45, 2.75) is 19.8 Å². The molecule has 0 fully saturated rings. The average Bonchev–Trinajstić information content (AvgIpc) is 2.95. The van der Waals surface area contributed by atoms with E-state index in [1.165, 1.54) is 4.88 Å². The van der Waals surface area contributed by atoms with Crippen LogP contribution in [0.4, 0.5) is 0 Å². The predicted molar refractivity (Wildman–Crippen MR) is 101 cm³/mol. The van der Waals surface area contributed by atoms with Crippen molar-refractivity contribution in [2.75, 3.05) is 33.7 Å². The number of likely N-dealkylation sites (N-methyl/N-ethyl adjacent to an activating group) is 1. The summed E-state index contributed by atoms with van der Waals surface area (Å²) in [6.45, 7) is 5.91. The van der Waals surface area contributed by atoms with Crippen LogP contribution < -0.4 is 10.6 Å². The fraction of sp³-hybridized carbons (Fsp3) is 0.571. The lowest BCUT2D eigenvalue weighted by Gasteiger charge is -2.15. The van der Waals surface area contributed by atoms with E-state index in [1.54, 1.807) is 30.3 Å². The molecule has 1 atom stereocenters. The highest BCUT2D eigenvalue weighted by Gasteiger charge is 2.08. The highest BCUT2D eigenvalue weighted by Crippen LogP contribution is 2.19. The molecule has 2 N–H and O–H groups in total. The number of guanidine groups is 1. The molecule has 120 valence electrons. The van der Waals surface area contributed by atoms with Crippen molar-refractivity contribution < 1.29 is 4.79 Å². The van der Waals surface area contributed by atoms with E-state index < -0.39 is 0 Å². The summed E-state index contributed by atoms with van der Waals surface area (Å²) in [5, 5.41) is 8.51. The Morgan fingerprint density at radius 3 is 2.67 bits per heavy atom. The van der Waals surface area contributed by atoms with Gasteiger partial charge in [-0.3, -0.25) is 4.79 Å². The molecule has 0 spiro atoms. The highest BCUT2D eigenvalue weighted by molar-refractivity contribution is 14.0. The average molecular weight is 424 g/mol. The summed E-state index contributed by atoms with van der Waals surface area (Å²) in [6.07, 6.45) is 0. The Labute approximate surface area is 148 Å². The number of aliphatic imine (C=N–C) groups is 1. The van der Waals surface area contributed by atoms with Gasteiger partial charge in [0.2, 0.25) is 5.91 Å². The quantitative estimate of drug-likeness (QED) is 0.418. The lowest BCUT2D eigenvalue weighted by Crippen LogP contribution is -2.40. The van der Waals surface area contributed by atoms with Gasteiger partial charge in [-0.2, -0.15) is 0 Å². The molecule has 21 heavy (non-hydrogen) atoms. The van der Waals surface area contributed by atoms with Gasteiger partial charge < -0.3 is 15.5 Å². The van der Waals surface area contributed by atoms with Crippen LogP contribution in [-0.2, 0) is 4.79 Å². The second kappa shape index (κ2) is 10.8. The summed E-state index contributed by atoms with van der Waals surface area (Å²) in [4.78, 5) is 18.7. The van der Waals surface area contributed by atoms with Gasteiger partial charge in [0, 0.05) is 38.0 Å². The molecular weight excluding hydrogens is 399 g/mol. The number of hydrogen-bond donors (Lipinski definition) is 2. The normalized spacial score (nSPS) is 12.3. The monoisotopic (exact) mass is 424 g/mol. The van der Waals surface area contributed by atoms with Crippen LogP contribution in [0.1, 0.15) is 24.6 Å². The molecule has 0 saturated carbocycles. The summed E-state index contributed by atoms with van der Waals surface area (Å²) in [5.41, 5.74) is 0. The minimum Gasteiger partial charge on any atom is -0.357 e. The lowest BCUT2D eigenvalue weighted by molar-refractivity contribution is -0.127. The molecule has 7 heteroatoms. The van der Waals surface area contributed by atoms with Gasteiger partial charge in [0.1, 0.15) is 6.54 Å². The maximum Gasteiger partial charge on any atom is 0.243 e. The molecule has 0 aromatic carbocycles. The van der Waals surface area contributed by atoms with Crippen molar-refractivity contribution in [2.24, 2.45) is 4.99 Å². The smallest absolute Gasteiger partial charge is 0.243 e. The molecule has 0 saturated heterocycles. The zero-order chi connectivity index (χ0) is 15.0. The van der Waals surface area contributed by atoms with Gasteiger partial charge in [-0.1, -0.05) is 13.0 Å². The molecule has 1 unspecified atom stereocenters. The minimum absolute atomic E-state index is 0. The molecule has 0 radical (unpaired) electrons. The molecule has 5 nitrogen and oxygen atoms in total. The topological polar surface area (TPSA) is 56.7 Å².